The van der Waals surface area contributed by atoms with Crippen LogP contribution in [0.4, 0.5) is 0 Å². The van der Waals surface area contributed by atoms with Gasteiger partial charge in [-0.1, -0.05) is 11.6 Å². The molecule has 1 aliphatic rings. The first kappa shape index (κ1) is 14.4. The molecule has 0 amide bonds. The van der Waals surface area contributed by atoms with Crippen LogP contribution >= 0.6 is 34.7 Å². The number of fused-ring (bicyclic) bond motifs is 1. The molecule has 106 valence electrons. The standard InChI is InChI=1S/C15H17ClN2S2/c1-10-9-20-15(18-10)4-6-17-13-5-7-19-14-3-2-11(16)8-12(13)14/h2-3,8-9,13,17H,4-7H2,1H3. The molecule has 3 rings (SSSR count). The van der Waals surface area contributed by atoms with Crippen molar-refractivity contribution in [3.8, 4) is 0 Å². The van der Waals surface area contributed by atoms with Gasteiger partial charge in [-0.15, -0.1) is 23.1 Å². The first-order valence-corrected chi connectivity index (χ1v) is 9.03. The van der Waals surface area contributed by atoms with Crippen LogP contribution in [-0.2, 0) is 6.42 Å². The van der Waals surface area contributed by atoms with Gasteiger partial charge in [-0.2, -0.15) is 0 Å². The summed E-state index contributed by atoms with van der Waals surface area (Å²) in [5, 5.41) is 7.81. The smallest absolute Gasteiger partial charge is 0.0940 e. The Hall–Kier alpha value is -0.550. The van der Waals surface area contributed by atoms with Gasteiger partial charge >= 0.3 is 0 Å². The van der Waals surface area contributed by atoms with E-state index in [0.29, 0.717) is 6.04 Å². The van der Waals surface area contributed by atoms with Gasteiger partial charge in [0, 0.05) is 40.0 Å². The Bertz CT molecular complexity index is 597. The number of halogens is 1. The van der Waals surface area contributed by atoms with Gasteiger partial charge in [-0.05, 0) is 42.9 Å². The van der Waals surface area contributed by atoms with E-state index in [9.17, 15) is 0 Å². The number of thioether (sulfide) groups is 1. The van der Waals surface area contributed by atoms with E-state index in [2.05, 4.69) is 27.8 Å². The Morgan fingerprint density at radius 1 is 1.45 bits per heavy atom. The summed E-state index contributed by atoms with van der Waals surface area (Å²) in [6.45, 7) is 3.01. The lowest BCUT2D eigenvalue weighted by Crippen LogP contribution is -2.26. The molecule has 1 aliphatic heterocycles. The van der Waals surface area contributed by atoms with Crippen LogP contribution in [0.1, 0.15) is 28.7 Å². The quantitative estimate of drug-likeness (QED) is 0.898. The number of benzene rings is 1. The van der Waals surface area contributed by atoms with E-state index >= 15 is 0 Å². The number of aryl methyl sites for hydroxylation is 1. The first-order chi connectivity index (χ1) is 9.72. The molecule has 0 saturated heterocycles. The average Bonchev–Trinajstić information content (AvgIpc) is 2.85. The predicted molar refractivity (Wildman–Crippen MR) is 88.1 cm³/mol. The molecule has 0 aliphatic carbocycles. The van der Waals surface area contributed by atoms with Gasteiger partial charge in [0.05, 0.1) is 5.01 Å². The van der Waals surface area contributed by atoms with E-state index in [1.807, 2.05) is 24.8 Å². The zero-order valence-corrected chi connectivity index (χ0v) is 13.7. The molecule has 1 aromatic heterocycles. The molecular formula is C15H17ClN2S2. The summed E-state index contributed by atoms with van der Waals surface area (Å²) in [7, 11) is 0. The molecule has 0 bridgehead atoms. The van der Waals surface area contributed by atoms with Crippen molar-refractivity contribution in [1.29, 1.82) is 0 Å². The second-order valence-electron chi connectivity index (χ2n) is 4.96. The Labute approximate surface area is 133 Å². The van der Waals surface area contributed by atoms with Crippen molar-refractivity contribution in [3.05, 3.63) is 44.9 Å². The minimum atomic E-state index is 0.422. The lowest BCUT2D eigenvalue weighted by Gasteiger charge is -2.26. The van der Waals surface area contributed by atoms with Gasteiger partial charge in [-0.25, -0.2) is 4.98 Å². The van der Waals surface area contributed by atoms with Crippen molar-refractivity contribution in [3.63, 3.8) is 0 Å². The maximum Gasteiger partial charge on any atom is 0.0940 e. The lowest BCUT2D eigenvalue weighted by molar-refractivity contribution is 0.513. The van der Waals surface area contributed by atoms with Crippen molar-refractivity contribution in [2.75, 3.05) is 12.3 Å². The molecule has 0 saturated carbocycles. The zero-order chi connectivity index (χ0) is 13.9. The highest BCUT2D eigenvalue weighted by atomic mass is 35.5. The second-order valence-corrected chi connectivity index (χ2v) is 7.47. The molecule has 0 fully saturated rings. The van der Waals surface area contributed by atoms with Gasteiger partial charge in [0.15, 0.2) is 0 Å². The summed E-state index contributed by atoms with van der Waals surface area (Å²) in [4.78, 5) is 5.87. The summed E-state index contributed by atoms with van der Waals surface area (Å²) >= 11 is 9.80. The minimum absolute atomic E-state index is 0.422. The number of nitrogens with zero attached hydrogens (tertiary/aromatic N) is 1. The average molecular weight is 325 g/mol. The number of hydrogen-bond donors (Lipinski definition) is 1. The Morgan fingerprint density at radius 2 is 2.35 bits per heavy atom. The molecule has 1 aromatic carbocycles. The molecule has 1 N–H and O–H groups in total. The molecule has 20 heavy (non-hydrogen) atoms. The maximum absolute atomic E-state index is 6.13. The molecule has 1 atom stereocenters. The molecule has 2 aromatic rings. The molecular weight excluding hydrogens is 308 g/mol. The van der Waals surface area contributed by atoms with Crippen molar-refractivity contribution in [2.45, 2.75) is 30.7 Å². The highest BCUT2D eigenvalue weighted by Crippen LogP contribution is 2.37. The Morgan fingerprint density at radius 3 is 3.15 bits per heavy atom. The van der Waals surface area contributed by atoms with Crippen LogP contribution in [0.3, 0.4) is 0 Å². The fourth-order valence-electron chi connectivity index (χ4n) is 2.45. The highest BCUT2D eigenvalue weighted by Gasteiger charge is 2.20. The van der Waals surface area contributed by atoms with Gasteiger partial charge in [0.25, 0.3) is 0 Å². The zero-order valence-electron chi connectivity index (χ0n) is 11.4. The normalized spacial score (nSPS) is 18.0. The largest absolute Gasteiger partial charge is 0.309 e. The summed E-state index contributed by atoms with van der Waals surface area (Å²) in [5.41, 5.74) is 2.47. The highest BCUT2D eigenvalue weighted by molar-refractivity contribution is 7.99. The molecule has 0 spiro atoms. The molecule has 2 nitrogen and oxygen atoms in total. The Kier molecular flexibility index (Phi) is 4.66. The molecule has 5 heteroatoms. The maximum atomic E-state index is 6.13. The van der Waals surface area contributed by atoms with Crippen LogP contribution in [0.25, 0.3) is 0 Å². The fraction of sp³-hybridized carbons (Fsp3) is 0.400. The van der Waals surface area contributed by atoms with Crippen LogP contribution in [0.15, 0.2) is 28.5 Å². The Balaban J connectivity index is 1.63. The van der Waals surface area contributed by atoms with E-state index in [0.717, 1.165) is 30.1 Å². The van der Waals surface area contributed by atoms with E-state index in [1.165, 1.54) is 21.2 Å². The van der Waals surface area contributed by atoms with Crippen molar-refractivity contribution < 1.29 is 0 Å². The van der Waals surface area contributed by atoms with Gasteiger partial charge < -0.3 is 5.32 Å². The van der Waals surface area contributed by atoms with E-state index < -0.39 is 0 Å². The van der Waals surface area contributed by atoms with Crippen LogP contribution in [0.5, 0.6) is 0 Å². The van der Waals surface area contributed by atoms with Crippen LogP contribution in [0, 0.1) is 6.92 Å². The molecule has 1 unspecified atom stereocenters. The molecule has 2 heterocycles. The van der Waals surface area contributed by atoms with Crippen molar-refractivity contribution in [1.82, 2.24) is 10.3 Å². The lowest BCUT2D eigenvalue weighted by atomic mass is 10.0. The first-order valence-electron chi connectivity index (χ1n) is 6.79. The summed E-state index contributed by atoms with van der Waals surface area (Å²) in [6.07, 6.45) is 2.16. The van der Waals surface area contributed by atoms with Gasteiger partial charge in [0.2, 0.25) is 0 Å². The van der Waals surface area contributed by atoms with E-state index in [1.54, 1.807) is 11.3 Å². The van der Waals surface area contributed by atoms with Crippen molar-refractivity contribution >= 4 is 34.7 Å². The van der Waals surface area contributed by atoms with Crippen LogP contribution < -0.4 is 5.32 Å². The predicted octanol–water partition coefficient (Wildman–Crippen LogP) is 4.47. The third-order valence-corrected chi connectivity index (χ3v) is 5.79. The third-order valence-electron chi connectivity index (χ3n) is 3.41. The summed E-state index contributed by atoms with van der Waals surface area (Å²) < 4.78 is 0. The van der Waals surface area contributed by atoms with Crippen LogP contribution in [-0.4, -0.2) is 17.3 Å². The van der Waals surface area contributed by atoms with E-state index in [4.69, 9.17) is 11.6 Å². The SMILES string of the molecule is Cc1csc(CCNC2CCSc3ccc(Cl)cc32)n1. The number of hydrogen-bond acceptors (Lipinski definition) is 4. The van der Waals surface area contributed by atoms with E-state index in [-0.39, 0.29) is 0 Å². The monoisotopic (exact) mass is 324 g/mol. The number of rotatable bonds is 4. The third kappa shape index (κ3) is 3.37. The van der Waals surface area contributed by atoms with Gasteiger partial charge in [-0.3, -0.25) is 0 Å². The number of aromatic nitrogens is 1. The minimum Gasteiger partial charge on any atom is -0.309 e. The van der Waals surface area contributed by atoms with Crippen LogP contribution in [0.2, 0.25) is 5.02 Å². The summed E-state index contributed by atoms with van der Waals surface area (Å²) in [5.74, 6) is 1.17. The second kappa shape index (κ2) is 6.48. The van der Waals surface area contributed by atoms with Crippen molar-refractivity contribution in [2.24, 2.45) is 0 Å². The fourth-order valence-corrected chi connectivity index (χ4v) is 4.51. The number of nitrogens with one attached hydrogen (secondary N) is 1. The molecule has 0 radical (unpaired) electrons. The number of thiazole rings is 1. The van der Waals surface area contributed by atoms with Gasteiger partial charge in [0.1, 0.15) is 0 Å². The topological polar surface area (TPSA) is 24.9 Å². The summed E-state index contributed by atoms with van der Waals surface area (Å²) in [6, 6.07) is 6.65.